The van der Waals surface area contributed by atoms with Gasteiger partial charge in [0.05, 0.1) is 0 Å². The van der Waals surface area contributed by atoms with Gasteiger partial charge in [0.1, 0.15) is 0 Å². The van der Waals surface area contributed by atoms with Gasteiger partial charge in [-0.05, 0) is 150 Å². The Bertz CT molecular complexity index is 1960. The van der Waals surface area contributed by atoms with Crippen molar-refractivity contribution in [1.82, 2.24) is 0 Å². The van der Waals surface area contributed by atoms with Crippen LogP contribution in [0.15, 0.2) is 134 Å². The summed E-state index contributed by atoms with van der Waals surface area (Å²) in [5.41, 5.74) is 19.7. The summed E-state index contributed by atoms with van der Waals surface area (Å²) in [5.74, 6) is 0.139. The molecule has 0 N–H and O–H groups in total. The van der Waals surface area contributed by atoms with Crippen LogP contribution >= 0.6 is 0 Å². The van der Waals surface area contributed by atoms with Crippen LogP contribution in [-0.2, 0) is 0 Å². The van der Waals surface area contributed by atoms with Crippen molar-refractivity contribution >= 4 is 29.2 Å². The molecule has 0 bridgehead atoms. The number of nitrogens with zero attached hydrogens (tertiary/aromatic N) is 1. The molecule has 48 heavy (non-hydrogen) atoms. The molecule has 238 valence electrons. The maximum Gasteiger partial charge on any atom is 0.0491 e. The summed E-state index contributed by atoms with van der Waals surface area (Å²) >= 11 is 0. The first kappa shape index (κ1) is 32.5. The number of rotatable bonds is 9. The normalized spacial score (nSPS) is 11.6. The first-order valence-electron chi connectivity index (χ1n) is 16.8. The Labute approximate surface area is 287 Å². The molecule has 0 saturated carbocycles. The summed E-state index contributed by atoms with van der Waals surface area (Å²) in [6.45, 7) is 21.1. The number of aryl methyl sites for hydroxylation is 6. The second-order valence-electron chi connectivity index (χ2n) is 13.1. The maximum absolute atomic E-state index is 3.95. The van der Waals surface area contributed by atoms with Gasteiger partial charge < -0.3 is 4.90 Å². The largest absolute Gasteiger partial charge is 0.310 e. The highest BCUT2D eigenvalue weighted by Crippen LogP contribution is 2.40. The average molecular weight is 624 g/mol. The lowest BCUT2D eigenvalue weighted by Crippen LogP contribution is -2.12. The van der Waals surface area contributed by atoms with Crippen molar-refractivity contribution in [3.63, 3.8) is 0 Å². The molecule has 1 atom stereocenters. The summed E-state index contributed by atoms with van der Waals surface area (Å²) in [4.78, 5) is 2.36. The van der Waals surface area contributed by atoms with Crippen molar-refractivity contribution in [3.8, 4) is 11.1 Å². The summed E-state index contributed by atoms with van der Waals surface area (Å²) in [5, 5.41) is 0. The van der Waals surface area contributed by atoms with Gasteiger partial charge in [0, 0.05) is 23.0 Å². The van der Waals surface area contributed by atoms with Crippen LogP contribution in [0.4, 0.5) is 17.1 Å². The predicted molar refractivity (Wildman–Crippen MR) is 209 cm³/mol. The number of hydrogen-bond acceptors (Lipinski definition) is 1. The van der Waals surface area contributed by atoms with Gasteiger partial charge in [0.15, 0.2) is 0 Å². The summed E-state index contributed by atoms with van der Waals surface area (Å²) < 4.78 is 0. The standard InChI is InChI=1S/C47H45N/c1-9-37-13-18-39(19-14-37)47(42-17-11-31(3)33(5)27-42)45-25-20-40(28-35(45)7)41-21-26-46(36(8)29-41)48(43-23-15-38(10-2)16-24-43)44-22-12-32(4)34(6)30-44/h9-30,47H,1-2H2,3-8H3. The Morgan fingerprint density at radius 2 is 0.958 bits per heavy atom. The molecule has 0 amide bonds. The van der Waals surface area contributed by atoms with Gasteiger partial charge in [0.25, 0.3) is 0 Å². The monoisotopic (exact) mass is 623 g/mol. The highest BCUT2D eigenvalue weighted by Gasteiger charge is 2.21. The quantitative estimate of drug-likeness (QED) is 0.145. The summed E-state index contributed by atoms with van der Waals surface area (Å²) in [6, 6.07) is 44.9. The Hall–Kier alpha value is -5.40. The average Bonchev–Trinajstić information content (AvgIpc) is 3.10. The molecule has 6 rings (SSSR count). The van der Waals surface area contributed by atoms with Crippen molar-refractivity contribution in [2.45, 2.75) is 47.5 Å². The van der Waals surface area contributed by atoms with Gasteiger partial charge in [-0.2, -0.15) is 0 Å². The van der Waals surface area contributed by atoms with E-state index in [1.807, 2.05) is 12.2 Å². The smallest absolute Gasteiger partial charge is 0.0491 e. The second kappa shape index (κ2) is 13.8. The first-order valence-corrected chi connectivity index (χ1v) is 16.8. The number of benzene rings is 6. The van der Waals surface area contributed by atoms with E-state index in [-0.39, 0.29) is 5.92 Å². The Morgan fingerprint density at radius 3 is 1.52 bits per heavy atom. The van der Waals surface area contributed by atoms with Crippen LogP contribution in [0.2, 0.25) is 0 Å². The SMILES string of the molecule is C=Cc1ccc(C(c2ccc(C)c(C)c2)c2ccc(-c3ccc(N(c4ccc(C=C)cc4)c4ccc(C)c(C)c4)c(C)c3)cc2C)cc1. The molecular formula is C47H45N. The van der Waals surface area contributed by atoms with Gasteiger partial charge >= 0.3 is 0 Å². The van der Waals surface area contributed by atoms with Crippen LogP contribution in [0.1, 0.15) is 67.1 Å². The zero-order valence-electron chi connectivity index (χ0n) is 29.1. The van der Waals surface area contributed by atoms with Crippen molar-refractivity contribution in [3.05, 3.63) is 196 Å². The minimum absolute atomic E-state index is 0.139. The fraction of sp³-hybridized carbons (Fsp3) is 0.149. The molecule has 0 aliphatic rings. The third kappa shape index (κ3) is 6.55. The molecule has 1 nitrogen and oxygen atoms in total. The molecule has 0 aliphatic carbocycles. The second-order valence-corrected chi connectivity index (χ2v) is 13.1. The molecular weight excluding hydrogens is 579 g/mol. The van der Waals surface area contributed by atoms with Crippen molar-refractivity contribution in [1.29, 1.82) is 0 Å². The Balaban J connectivity index is 1.40. The zero-order chi connectivity index (χ0) is 33.9. The van der Waals surface area contributed by atoms with Crippen LogP contribution in [0, 0.1) is 41.5 Å². The first-order chi connectivity index (χ1) is 23.2. The van der Waals surface area contributed by atoms with E-state index in [4.69, 9.17) is 0 Å². The van der Waals surface area contributed by atoms with E-state index in [2.05, 4.69) is 181 Å². The van der Waals surface area contributed by atoms with Crippen molar-refractivity contribution in [2.75, 3.05) is 4.90 Å². The molecule has 6 aromatic rings. The fourth-order valence-electron chi connectivity index (χ4n) is 6.64. The zero-order valence-corrected chi connectivity index (χ0v) is 29.1. The number of anilines is 3. The Kier molecular flexibility index (Phi) is 9.33. The highest BCUT2D eigenvalue weighted by molar-refractivity contribution is 5.81. The minimum atomic E-state index is 0.139. The lowest BCUT2D eigenvalue weighted by atomic mass is 9.81. The van der Waals surface area contributed by atoms with Crippen LogP contribution in [0.3, 0.4) is 0 Å². The van der Waals surface area contributed by atoms with E-state index >= 15 is 0 Å². The molecule has 6 aromatic carbocycles. The number of hydrogen-bond donors (Lipinski definition) is 0. The van der Waals surface area contributed by atoms with Gasteiger partial charge in [-0.15, -0.1) is 0 Å². The van der Waals surface area contributed by atoms with Gasteiger partial charge in [-0.1, -0.05) is 110 Å². The lowest BCUT2D eigenvalue weighted by Gasteiger charge is -2.28. The van der Waals surface area contributed by atoms with Crippen LogP contribution < -0.4 is 4.90 Å². The van der Waals surface area contributed by atoms with E-state index < -0.39 is 0 Å². The fourth-order valence-corrected chi connectivity index (χ4v) is 6.64. The van der Waals surface area contributed by atoms with Crippen molar-refractivity contribution in [2.24, 2.45) is 0 Å². The van der Waals surface area contributed by atoms with E-state index in [9.17, 15) is 0 Å². The van der Waals surface area contributed by atoms with Crippen LogP contribution in [0.5, 0.6) is 0 Å². The van der Waals surface area contributed by atoms with E-state index in [1.165, 1.54) is 66.9 Å². The molecule has 0 aliphatic heterocycles. The third-order valence-electron chi connectivity index (χ3n) is 9.86. The highest BCUT2D eigenvalue weighted by atomic mass is 15.1. The van der Waals surface area contributed by atoms with E-state index in [0.29, 0.717) is 0 Å². The Morgan fingerprint density at radius 1 is 0.438 bits per heavy atom. The predicted octanol–water partition coefficient (Wildman–Crippen LogP) is 13.1. The van der Waals surface area contributed by atoms with Crippen LogP contribution in [0.25, 0.3) is 23.3 Å². The summed E-state index contributed by atoms with van der Waals surface area (Å²) in [7, 11) is 0. The van der Waals surface area contributed by atoms with Crippen LogP contribution in [-0.4, -0.2) is 0 Å². The molecule has 0 heterocycles. The van der Waals surface area contributed by atoms with Gasteiger partial charge in [-0.3, -0.25) is 0 Å². The molecule has 1 heteroatoms. The van der Waals surface area contributed by atoms with Crippen molar-refractivity contribution < 1.29 is 0 Å². The lowest BCUT2D eigenvalue weighted by molar-refractivity contribution is 0.958. The molecule has 0 fully saturated rings. The topological polar surface area (TPSA) is 3.24 Å². The van der Waals surface area contributed by atoms with Gasteiger partial charge in [0.2, 0.25) is 0 Å². The summed E-state index contributed by atoms with van der Waals surface area (Å²) in [6.07, 6.45) is 3.79. The molecule has 0 aromatic heterocycles. The van der Waals surface area contributed by atoms with Gasteiger partial charge in [-0.25, -0.2) is 0 Å². The third-order valence-corrected chi connectivity index (χ3v) is 9.86. The maximum atomic E-state index is 3.95. The van der Waals surface area contributed by atoms with E-state index in [0.717, 1.165) is 22.5 Å². The molecule has 0 saturated heterocycles. The molecule has 0 spiro atoms. The molecule has 0 radical (unpaired) electrons. The minimum Gasteiger partial charge on any atom is -0.310 e. The molecule has 1 unspecified atom stereocenters. The van der Waals surface area contributed by atoms with E-state index in [1.54, 1.807) is 0 Å².